The Labute approximate surface area is 230 Å². The second kappa shape index (κ2) is 9.22. The van der Waals surface area contributed by atoms with E-state index in [9.17, 15) is 34.2 Å². The van der Waals surface area contributed by atoms with Gasteiger partial charge in [-0.25, -0.2) is 14.4 Å². The van der Waals surface area contributed by atoms with Gasteiger partial charge in [-0.2, -0.15) is 0 Å². The van der Waals surface area contributed by atoms with Crippen molar-refractivity contribution in [3.05, 3.63) is 23.0 Å². The van der Waals surface area contributed by atoms with Crippen molar-refractivity contribution in [3.63, 3.8) is 0 Å². The zero-order valence-electron chi connectivity index (χ0n) is 23.2. The molecule has 2 bridgehead atoms. The SMILES string of the molecule is COC(=O)[C@@]12OC[C@]34[C@H]([C@@H](O)[C@@H]1O)[C@@]1(C)CC(=O)C(OC(C)=O)=C(C)[C@@H]1C[C@H]3OC(=O)[C@H](OC(=O)C=C(C)C)[C@@H]24. The third-order valence-electron chi connectivity index (χ3n) is 9.71. The van der Waals surface area contributed by atoms with Crippen LogP contribution in [0.25, 0.3) is 0 Å². The molecule has 10 atom stereocenters. The van der Waals surface area contributed by atoms with Crippen molar-refractivity contribution < 1.29 is 57.9 Å². The Balaban J connectivity index is 1.72. The molecule has 12 heteroatoms. The van der Waals surface area contributed by atoms with Gasteiger partial charge < -0.3 is 33.9 Å². The lowest BCUT2D eigenvalue weighted by atomic mass is 9.38. The Bertz CT molecular complexity index is 1260. The lowest BCUT2D eigenvalue weighted by Crippen LogP contribution is -2.79. The van der Waals surface area contributed by atoms with E-state index in [0.717, 1.165) is 7.11 Å². The first-order chi connectivity index (χ1) is 18.7. The van der Waals surface area contributed by atoms with E-state index in [0.29, 0.717) is 11.1 Å². The molecular formula is C28H34O12. The summed E-state index contributed by atoms with van der Waals surface area (Å²) in [5.41, 5.74) is -3.56. The number of carbonyl (C=O) groups excluding carboxylic acids is 5. The summed E-state index contributed by atoms with van der Waals surface area (Å²) in [6.07, 6.45) is -4.97. The molecule has 3 aliphatic carbocycles. The van der Waals surface area contributed by atoms with Crippen LogP contribution in [-0.2, 0) is 47.7 Å². The zero-order valence-corrected chi connectivity index (χ0v) is 23.2. The molecular weight excluding hydrogens is 528 g/mol. The van der Waals surface area contributed by atoms with Gasteiger partial charge >= 0.3 is 23.9 Å². The molecule has 2 saturated heterocycles. The molecule has 0 aromatic rings. The molecule has 0 aromatic carbocycles. The lowest BCUT2D eigenvalue weighted by Gasteiger charge is -2.67. The van der Waals surface area contributed by atoms with E-state index >= 15 is 0 Å². The van der Waals surface area contributed by atoms with Gasteiger partial charge in [0.25, 0.3) is 0 Å². The number of allylic oxidation sites excluding steroid dienone is 3. The molecule has 5 aliphatic rings. The quantitative estimate of drug-likeness (QED) is 0.277. The fraction of sp³-hybridized carbons (Fsp3) is 0.679. The number of hydrogen-bond donors (Lipinski definition) is 2. The molecule has 2 heterocycles. The van der Waals surface area contributed by atoms with E-state index in [4.69, 9.17) is 23.7 Å². The van der Waals surface area contributed by atoms with Gasteiger partial charge in [0.05, 0.1) is 25.7 Å². The normalized spacial score (nSPS) is 43.1. The summed E-state index contributed by atoms with van der Waals surface area (Å²) in [5, 5.41) is 23.4. The Morgan fingerprint density at radius 1 is 1.10 bits per heavy atom. The number of rotatable bonds is 4. The van der Waals surface area contributed by atoms with Crippen LogP contribution in [0.2, 0.25) is 0 Å². The summed E-state index contributed by atoms with van der Waals surface area (Å²) in [6, 6.07) is 0. The van der Waals surface area contributed by atoms with Gasteiger partial charge in [-0.15, -0.1) is 0 Å². The number of ketones is 1. The molecule has 2 aliphatic heterocycles. The van der Waals surface area contributed by atoms with Crippen LogP contribution < -0.4 is 0 Å². The molecule has 218 valence electrons. The van der Waals surface area contributed by atoms with Crippen molar-refractivity contribution in [2.45, 2.75) is 77.5 Å². The lowest BCUT2D eigenvalue weighted by molar-refractivity contribution is -0.290. The second-order valence-corrected chi connectivity index (χ2v) is 12.1. The van der Waals surface area contributed by atoms with Gasteiger partial charge in [0, 0.05) is 30.8 Å². The predicted molar refractivity (Wildman–Crippen MR) is 132 cm³/mol. The van der Waals surface area contributed by atoms with Crippen LogP contribution in [-0.4, -0.2) is 83.6 Å². The van der Waals surface area contributed by atoms with E-state index in [-0.39, 0.29) is 25.2 Å². The molecule has 40 heavy (non-hydrogen) atoms. The standard InChI is InChI=1S/C28H34O12/c1-11(2)7-17(31)40-20-22-27-10-37-28(22,25(35)36-6)23(33)18(32)21(27)26(5)9-15(30)19(38-13(4)29)12(3)14(26)8-16(27)39-24(20)34/h7,14,16,18,20-23,32-33H,8-10H2,1-6H3/t14-,16+,18+,20+,21+,22+,23-,26-,27+,28-/m0/s1. The Morgan fingerprint density at radius 2 is 1.77 bits per heavy atom. The number of aliphatic hydroxyl groups excluding tert-OH is 2. The summed E-state index contributed by atoms with van der Waals surface area (Å²) in [7, 11) is 1.09. The summed E-state index contributed by atoms with van der Waals surface area (Å²) in [6.45, 7) is 7.71. The summed E-state index contributed by atoms with van der Waals surface area (Å²) < 4.78 is 27.9. The molecule has 2 N–H and O–H groups in total. The monoisotopic (exact) mass is 562 g/mol. The Kier molecular flexibility index (Phi) is 6.55. The number of ether oxygens (including phenoxy) is 5. The Hall–Kier alpha value is -3.09. The first kappa shape index (κ1) is 28.4. The molecule has 0 aromatic heterocycles. The van der Waals surface area contributed by atoms with Crippen LogP contribution >= 0.6 is 0 Å². The maximum Gasteiger partial charge on any atom is 0.348 e. The zero-order chi connectivity index (χ0) is 29.5. The van der Waals surface area contributed by atoms with Crippen LogP contribution in [0, 0.1) is 28.6 Å². The highest BCUT2D eigenvalue weighted by molar-refractivity contribution is 5.98. The predicted octanol–water partition coefficient (Wildman–Crippen LogP) is 0.522. The summed E-state index contributed by atoms with van der Waals surface area (Å²) in [4.78, 5) is 64.7. The minimum absolute atomic E-state index is 0.0874. The van der Waals surface area contributed by atoms with E-state index in [2.05, 4.69) is 0 Å². The largest absolute Gasteiger partial charge is 0.467 e. The molecule has 0 radical (unpaired) electrons. The van der Waals surface area contributed by atoms with Gasteiger partial charge in [-0.1, -0.05) is 12.5 Å². The number of carbonyl (C=O) groups is 5. The van der Waals surface area contributed by atoms with E-state index in [1.54, 1.807) is 27.7 Å². The van der Waals surface area contributed by atoms with Gasteiger partial charge in [-0.3, -0.25) is 9.59 Å². The topological polar surface area (TPSA) is 172 Å². The minimum Gasteiger partial charge on any atom is -0.467 e. The number of hydrogen-bond acceptors (Lipinski definition) is 12. The van der Waals surface area contributed by atoms with Crippen molar-refractivity contribution in [1.82, 2.24) is 0 Å². The van der Waals surface area contributed by atoms with Crippen molar-refractivity contribution in [2.24, 2.45) is 28.6 Å². The fourth-order valence-corrected chi connectivity index (χ4v) is 8.52. The summed E-state index contributed by atoms with van der Waals surface area (Å²) in [5.74, 6) is -6.78. The highest BCUT2D eigenvalue weighted by Crippen LogP contribution is 2.72. The van der Waals surface area contributed by atoms with Crippen molar-refractivity contribution >= 4 is 29.7 Å². The van der Waals surface area contributed by atoms with Gasteiger partial charge in [0.2, 0.25) is 11.7 Å². The minimum atomic E-state index is -2.24. The van der Waals surface area contributed by atoms with Crippen LogP contribution in [0.5, 0.6) is 0 Å². The van der Waals surface area contributed by atoms with Crippen LogP contribution in [0.4, 0.5) is 0 Å². The molecule has 2 saturated carbocycles. The second-order valence-electron chi connectivity index (χ2n) is 12.1. The van der Waals surface area contributed by atoms with Crippen LogP contribution in [0.15, 0.2) is 23.0 Å². The smallest absolute Gasteiger partial charge is 0.348 e. The van der Waals surface area contributed by atoms with Crippen molar-refractivity contribution in [2.75, 3.05) is 13.7 Å². The maximum absolute atomic E-state index is 13.5. The molecule has 1 spiro atoms. The van der Waals surface area contributed by atoms with Gasteiger partial charge in [0.1, 0.15) is 12.2 Å². The fourth-order valence-electron chi connectivity index (χ4n) is 8.52. The molecule has 4 fully saturated rings. The van der Waals surface area contributed by atoms with Crippen LogP contribution in [0.1, 0.15) is 47.5 Å². The van der Waals surface area contributed by atoms with Crippen LogP contribution in [0.3, 0.4) is 0 Å². The molecule has 5 rings (SSSR count). The van der Waals surface area contributed by atoms with Crippen molar-refractivity contribution in [3.8, 4) is 0 Å². The molecule has 12 nitrogen and oxygen atoms in total. The van der Waals surface area contributed by atoms with E-state index < -0.39 is 88.3 Å². The summed E-state index contributed by atoms with van der Waals surface area (Å²) >= 11 is 0. The highest BCUT2D eigenvalue weighted by Gasteiger charge is 2.85. The van der Waals surface area contributed by atoms with E-state index in [1.807, 2.05) is 0 Å². The number of methoxy groups -OCH3 is 1. The van der Waals surface area contributed by atoms with E-state index in [1.165, 1.54) is 13.0 Å². The highest BCUT2D eigenvalue weighted by atomic mass is 16.6. The average molecular weight is 563 g/mol. The molecule has 0 amide bonds. The van der Waals surface area contributed by atoms with Gasteiger partial charge in [0.15, 0.2) is 11.5 Å². The van der Waals surface area contributed by atoms with Crippen molar-refractivity contribution in [1.29, 1.82) is 0 Å². The van der Waals surface area contributed by atoms with Gasteiger partial charge in [-0.05, 0) is 44.1 Å². The first-order valence-electron chi connectivity index (χ1n) is 13.2. The first-order valence-corrected chi connectivity index (χ1v) is 13.2. The Morgan fingerprint density at radius 3 is 2.38 bits per heavy atom. The third kappa shape index (κ3) is 3.51. The number of fused-ring (bicyclic) bond motifs is 2. The number of aliphatic hydroxyl groups is 2. The number of Topliss-reactive ketones (excluding diaryl/α,β-unsaturated/α-hetero) is 1. The number of esters is 4. The third-order valence-corrected chi connectivity index (χ3v) is 9.71. The molecule has 0 unspecified atom stereocenters. The average Bonchev–Trinajstić information content (AvgIpc) is 3.16. The maximum atomic E-state index is 13.5.